The molecule has 0 fully saturated rings. The van der Waals surface area contributed by atoms with Gasteiger partial charge >= 0.3 is 0 Å². The summed E-state index contributed by atoms with van der Waals surface area (Å²) in [7, 11) is 0. The van der Waals surface area contributed by atoms with Crippen LogP contribution in [0.15, 0.2) is 71.7 Å². The molecule has 1 aromatic heterocycles. The number of carbonyl (C=O) groups excluding carboxylic acids is 2. The minimum absolute atomic E-state index is 0.0304. The summed E-state index contributed by atoms with van der Waals surface area (Å²) in [5.41, 5.74) is 6.59. The van der Waals surface area contributed by atoms with E-state index >= 15 is 0 Å². The van der Waals surface area contributed by atoms with Crippen LogP contribution in [0.1, 0.15) is 11.6 Å². The molecule has 1 atom stereocenters. The van der Waals surface area contributed by atoms with Gasteiger partial charge in [-0.15, -0.1) is 0 Å². The number of hydrogen-bond acceptors (Lipinski definition) is 3. The van der Waals surface area contributed by atoms with Gasteiger partial charge in [0, 0.05) is 17.6 Å². The summed E-state index contributed by atoms with van der Waals surface area (Å²) in [5, 5.41) is 3.18. The molecule has 0 saturated heterocycles. The van der Waals surface area contributed by atoms with Crippen LogP contribution in [-0.4, -0.2) is 16.4 Å². The van der Waals surface area contributed by atoms with Gasteiger partial charge < -0.3 is 15.6 Å². The first-order valence-corrected chi connectivity index (χ1v) is 7.78. The van der Waals surface area contributed by atoms with Crippen LogP contribution in [0.4, 0.5) is 0 Å². The number of benzene rings is 2. The lowest BCUT2D eigenvalue weighted by Crippen LogP contribution is -2.39. The quantitative estimate of drug-likeness (QED) is 0.737. The zero-order valence-corrected chi connectivity index (χ0v) is 13.4. The Bertz CT molecular complexity index is 980. The van der Waals surface area contributed by atoms with E-state index in [2.05, 4.69) is 5.32 Å². The van der Waals surface area contributed by atoms with Crippen molar-refractivity contribution in [2.24, 2.45) is 5.73 Å². The molecule has 3 N–H and O–H groups in total. The average molecular weight is 335 g/mol. The van der Waals surface area contributed by atoms with Crippen molar-refractivity contribution in [2.75, 3.05) is 0 Å². The Morgan fingerprint density at radius 2 is 1.68 bits per heavy atom. The Labute approximate surface area is 143 Å². The smallest absolute Gasteiger partial charge is 0.244 e. The van der Waals surface area contributed by atoms with Crippen molar-refractivity contribution in [1.29, 1.82) is 0 Å². The van der Waals surface area contributed by atoms with Gasteiger partial charge in [-0.3, -0.25) is 14.4 Å². The standard InChI is InChI=1S/C19H17N3O3/c20-19(25)18(13-6-2-1-3-7-13)21-17(24)12-22-11-10-16(23)14-8-4-5-9-15(14)22/h1-11,18H,12H2,(H2,20,25)(H,21,24). The summed E-state index contributed by atoms with van der Waals surface area (Å²) in [4.78, 5) is 36.0. The molecule has 0 spiro atoms. The van der Waals surface area contributed by atoms with E-state index in [4.69, 9.17) is 5.73 Å². The number of nitrogens with one attached hydrogen (secondary N) is 1. The summed E-state index contributed by atoms with van der Waals surface area (Å²) >= 11 is 0. The van der Waals surface area contributed by atoms with Gasteiger partial charge in [0.25, 0.3) is 0 Å². The number of nitrogens with zero attached hydrogens (tertiary/aromatic N) is 1. The predicted octanol–water partition coefficient (Wildman–Crippen LogP) is 1.34. The van der Waals surface area contributed by atoms with Crippen molar-refractivity contribution in [3.8, 4) is 0 Å². The predicted molar refractivity (Wildman–Crippen MR) is 94.7 cm³/mol. The topological polar surface area (TPSA) is 94.2 Å². The fourth-order valence-corrected chi connectivity index (χ4v) is 2.72. The fourth-order valence-electron chi connectivity index (χ4n) is 2.72. The normalized spacial score (nSPS) is 11.8. The number of para-hydroxylation sites is 1. The van der Waals surface area contributed by atoms with Gasteiger partial charge in [-0.05, 0) is 17.7 Å². The van der Waals surface area contributed by atoms with E-state index in [1.165, 1.54) is 6.07 Å². The number of fused-ring (bicyclic) bond motifs is 1. The van der Waals surface area contributed by atoms with Crippen molar-refractivity contribution in [3.63, 3.8) is 0 Å². The molecule has 3 rings (SSSR count). The molecule has 0 bridgehead atoms. The van der Waals surface area contributed by atoms with Crippen LogP contribution in [0.2, 0.25) is 0 Å². The van der Waals surface area contributed by atoms with Crippen LogP contribution in [0.25, 0.3) is 10.9 Å². The molecule has 6 nitrogen and oxygen atoms in total. The maximum Gasteiger partial charge on any atom is 0.244 e. The van der Waals surface area contributed by atoms with Crippen LogP contribution >= 0.6 is 0 Å². The summed E-state index contributed by atoms with van der Waals surface area (Å²) in [5.74, 6) is -1.01. The molecule has 0 aliphatic heterocycles. The van der Waals surface area contributed by atoms with Crippen molar-refractivity contribution in [1.82, 2.24) is 9.88 Å². The maximum absolute atomic E-state index is 12.4. The van der Waals surface area contributed by atoms with Crippen LogP contribution < -0.4 is 16.5 Å². The molecule has 3 aromatic rings. The molecule has 2 aromatic carbocycles. The second-order valence-corrected chi connectivity index (χ2v) is 5.64. The van der Waals surface area contributed by atoms with E-state index in [0.29, 0.717) is 16.5 Å². The van der Waals surface area contributed by atoms with E-state index in [1.807, 2.05) is 6.07 Å². The third-order valence-electron chi connectivity index (χ3n) is 3.92. The van der Waals surface area contributed by atoms with Crippen LogP contribution in [0.5, 0.6) is 0 Å². The Morgan fingerprint density at radius 3 is 2.40 bits per heavy atom. The van der Waals surface area contributed by atoms with Gasteiger partial charge in [0.15, 0.2) is 5.43 Å². The zero-order valence-electron chi connectivity index (χ0n) is 13.4. The lowest BCUT2D eigenvalue weighted by Gasteiger charge is -2.17. The number of rotatable bonds is 5. The average Bonchev–Trinajstić information content (AvgIpc) is 2.63. The molecule has 0 radical (unpaired) electrons. The Kier molecular flexibility index (Phi) is 4.61. The first kappa shape index (κ1) is 16.4. The molecule has 0 aliphatic rings. The number of nitrogens with two attached hydrogens (primary N) is 1. The Balaban J connectivity index is 1.84. The molecular weight excluding hydrogens is 318 g/mol. The minimum atomic E-state index is -0.903. The lowest BCUT2D eigenvalue weighted by molar-refractivity contribution is -0.127. The highest BCUT2D eigenvalue weighted by atomic mass is 16.2. The van der Waals surface area contributed by atoms with Crippen LogP contribution in [-0.2, 0) is 16.1 Å². The summed E-state index contributed by atoms with van der Waals surface area (Å²) in [6, 6.07) is 16.4. The van der Waals surface area contributed by atoms with Gasteiger partial charge in [-0.1, -0.05) is 42.5 Å². The molecule has 126 valence electrons. The third-order valence-corrected chi connectivity index (χ3v) is 3.92. The summed E-state index contributed by atoms with van der Waals surface area (Å²) in [6.07, 6.45) is 1.56. The van der Waals surface area contributed by atoms with Crippen LogP contribution in [0.3, 0.4) is 0 Å². The van der Waals surface area contributed by atoms with Crippen molar-refractivity contribution in [2.45, 2.75) is 12.6 Å². The molecule has 0 saturated carbocycles. The van der Waals surface area contributed by atoms with Crippen molar-refractivity contribution < 1.29 is 9.59 Å². The number of pyridine rings is 1. The zero-order chi connectivity index (χ0) is 17.8. The number of amides is 2. The van der Waals surface area contributed by atoms with Gasteiger partial charge in [-0.25, -0.2) is 0 Å². The van der Waals surface area contributed by atoms with E-state index in [9.17, 15) is 14.4 Å². The molecule has 1 heterocycles. The molecule has 0 aliphatic carbocycles. The third kappa shape index (κ3) is 3.58. The summed E-state index contributed by atoms with van der Waals surface area (Å²) < 4.78 is 1.66. The van der Waals surface area contributed by atoms with E-state index < -0.39 is 11.9 Å². The first-order valence-electron chi connectivity index (χ1n) is 7.78. The van der Waals surface area contributed by atoms with Crippen LogP contribution in [0, 0.1) is 0 Å². The number of carbonyl (C=O) groups is 2. The second-order valence-electron chi connectivity index (χ2n) is 5.64. The SMILES string of the molecule is NC(=O)C(NC(=O)Cn1ccc(=O)c2ccccc21)c1ccccc1. The maximum atomic E-state index is 12.4. The highest BCUT2D eigenvalue weighted by molar-refractivity contribution is 5.88. The number of hydrogen-bond donors (Lipinski definition) is 2. The van der Waals surface area contributed by atoms with Crippen molar-refractivity contribution >= 4 is 22.7 Å². The largest absolute Gasteiger partial charge is 0.368 e. The highest BCUT2D eigenvalue weighted by Crippen LogP contribution is 2.13. The number of primary amides is 1. The molecular formula is C19H17N3O3. The lowest BCUT2D eigenvalue weighted by atomic mass is 10.1. The fraction of sp³-hybridized carbons (Fsp3) is 0.105. The van der Waals surface area contributed by atoms with E-state index in [0.717, 1.165) is 0 Å². The Hall–Kier alpha value is -3.41. The Morgan fingerprint density at radius 1 is 1.00 bits per heavy atom. The number of aromatic nitrogens is 1. The molecule has 2 amide bonds. The van der Waals surface area contributed by atoms with Gasteiger partial charge in [0.1, 0.15) is 12.6 Å². The van der Waals surface area contributed by atoms with E-state index in [1.54, 1.807) is 59.3 Å². The molecule has 25 heavy (non-hydrogen) atoms. The van der Waals surface area contributed by atoms with Gasteiger partial charge in [0.2, 0.25) is 11.8 Å². The van der Waals surface area contributed by atoms with E-state index in [-0.39, 0.29) is 17.9 Å². The van der Waals surface area contributed by atoms with Gasteiger partial charge in [-0.2, -0.15) is 0 Å². The second kappa shape index (κ2) is 7.00. The first-order chi connectivity index (χ1) is 12.1. The monoisotopic (exact) mass is 335 g/mol. The van der Waals surface area contributed by atoms with Crippen molar-refractivity contribution in [3.05, 3.63) is 82.6 Å². The molecule has 6 heteroatoms. The molecule has 1 unspecified atom stereocenters. The highest BCUT2D eigenvalue weighted by Gasteiger charge is 2.20. The minimum Gasteiger partial charge on any atom is -0.368 e. The summed E-state index contributed by atoms with van der Waals surface area (Å²) in [6.45, 7) is -0.0304. The van der Waals surface area contributed by atoms with Gasteiger partial charge in [0.05, 0.1) is 5.52 Å².